The number of anilines is 2. The summed E-state index contributed by atoms with van der Waals surface area (Å²) in [4.78, 5) is 40.7. The monoisotopic (exact) mass is 1090 g/mol. The van der Waals surface area contributed by atoms with Gasteiger partial charge in [0, 0.05) is 43.7 Å². The van der Waals surface area contributed by atoms with E-state index < -0.39 is 8.07 Å². The molecule has 2 aromatic heterocycles. The molecule has 0 N–H and O–H groups in total. The van der Waals surface area contributed by atoms with Crippen LogP contribution in [0.1, 0.15) is 255 Å². The van der Waals surface area contributed by atoms with Gasteiger partial charge in [0.15, 0.2) is 0 Å². The van der Waals surface area contributed by atoms with Crippen LogP contribution in [0, 0.1) is 19.8 Å². The molecular formula is C69H106N2O2S2Si. The van der Waals surface area contributed by atoms with E-state index >= 15 is 9.59 Å². The molecule has 2 amide bonds. The van der Waals surface area contributed by atoms with Crippen LogP contribution in [0.4, 0.5) is 11.4 Å². The Labute approximate surface area is 474 Å². The van der Waals surface area contributed by atoms with Crippen LogP contribution in [0.25, 0.3) is 31.3 Å². The topological polar surface area (TPSA) is 40.6 Å². The summed E-state index contributed by atoms with van der Waals surface area (Å²) in [5, 5.41) is 0. The lowest BCUT2D eigenvalue weighted by atomic mass is 9.93. The van der Waals surface area contributed by atoms with E-state index in [1.54, 1.807) is 0 Å². The summed E-state index contributed by atoms with van der Waals surface area (Å²) >= 11 is 3.69. The first-order valence-electron chi connectivity index (χ1n) is 31.9. The van der Waals surface area contributed by atoms with E-state index in [1.807, 2.05) is 22.7 Å². The first kappa shape index (κ1) is 61.9. The number of aryl methyl sites for hydroxylation is 2. The Hall–Kier alpha value is -3.26. The summed E-state index contributed by atoms with van der Waals surface area (Å²) in [6, 6.07) is 26.0. The maximum absolute atomic E-state index is 15.7. The fourth-order valence-corrected chi connectivity index (χ4v) is 18.2. The van der Waals surface area contributed by atoms with Crippen LogP contribution in [-0.4, -0.2) is 33.0 Å². The molecule has 0 spiro atoms. The number of hydrogen-bond acceptors (Lipinski definition) is 4. The van der Waals surface area contributed by atoms with E-state index in [-0.39, 0.29) is 11.8 Å². The second kappa shape index (κ2) is 34.0. The lowest BCUT2D eigenvalue weighted by Crippen LogP contribution is -2.37. The van der Waals surface area contributed by atoms with Crippen LogP contribution in [0.2, 0.25) is 24.7 Å². The average molecular weight is 1090 g/mol. The average Bonchev–Trinajstić information content (AvgIpc) is 4.25. The molecule has 4 heterocycles. The van der Waals surface area contributed by atoms with Crippen LogP contribution in [0.15, 0.2) is 60.7 Å². The quantitative estimate of drug-likeness (QED) is 0.0252. The predicted octanol–water partition coefficient (Wildman–Crippen LogP) is 22.6. The van der Waals surface area contributed by atoms with Crippen LogP contribution >= 0.6 is 22.7 Å². The predicted molar refractivity (Wildman–Crippen MR) is 340 cm³/mol. The van der Waals surface area contributed by atoms with Crippen LogP contribution < -0.4 is 9.80 Å². The summed E-state index contributed by atoms with van der Waals surface area (Å²) in [6.45, 7) is 17.7. The maximum atomic E-state index is 15.7. The Bertz CT molecular complexity index is 2340. The van der Waals surface area contributed by atoms with E-state index in [0.29, 0.717) is 17.1 Å². The number of unbranched alkanes of at least 4 members (excludes halogenated alkanes) is 26. The summed E-state index contributed by atoms with van der Waals surface area (Å²) < 4.78 is 0. The third-order valence-corrected chi connectivity index (χ3v) is 24.3. The van der Waals surface area contributed by atoms with Crippen molar-refractivity contribution in [3.05, 3.63) is 82.2 Å². The van der Waals surface area contributed by atoms with Crippen molar-refractivity contribution in [1.29, 1.82) is 0 Å². The molecule has 2 aliphatic heterocycles. The maximum Gasteiger partial charge on any atom is 0.259 e. The second-order valence-electron chi connectivity index (χ2n) is 24.1. The number of fused-ring (bicyclic) bond motifs is 2. The van der Waals surface area contributed by atoms with Crippen LogP contribution in [0.3, 0.4) is 0 Å². The van der Waals surface area contributed by atoms with Gasteiger partial charge in [-0.1, -0.05) is 263 Å². The molecule has 1 unspecified atom stereocenters. The molecule has 420 valence electrons. The van der Waals surface area contributed by atoms with E-state index in [4.69, 9.17) is 0 Å². The smallest absolute Gasteiger partial charge is 0.259 e. The van der Waals surface area contributed by atoms with E-state index in [9.17, 15) is 0 Å². The second-order valence-corrected chi connectivity index (χ2v) is 31.6. The van der Waals surface area contributed by atoms with E-state index in [0.717, 1.165) is 59.2 Å². The highest BCUT2D eigenvalue weighted by molar-refractivity contribution is 7.23. The van der Waals surface area contributed by atoms with Crippen molar-refractivity contribution in [2.75, 3.05) is 22.9 Å². The lowest BCUT2D eigenvalue weighted by Gasteiger charge is -2.30. The minimum Gasteiger partial charge on any atom is -0.308 e. The first-order chi connectivity index (χ1) is 37.1. The molecule has 4 nitrogen and oxygen atoms in total. The standard InChI is InChI=1S/C69H106N2O2S2Si/c1-8-12-16-20-24-26-27-29-31-35-39-57(38-34-30-28-25-21-17-13-9-2)54-71-61-52-55(5)40-43-59(61)67(69(71)73)66-60-44-42-58(63-46-47-65(75-63)64-45-41-56(6)74-64)53-62(60)70(68(66)72)48-51-76(7,49-36-32-22-18-14-10-3)50-37-33-23-19-15-11-4/h40-47,52-53,57H,8-39,48-51,54H2,1-7H3/b67-66+. The molecule has 0 bridgehead atoms. The summed E-state index contributed by atoms with van der Waals surface area (Å²) in [6.07, 6.45) is 42.2. The Kier molecular flexibility index (Phi) is 27.7. The molecule has 2 aromatic carbocycles. The number of amides is 2. The third-order valence-electron chi connectivity index (χ3n) is 17.4. The molecule has 0 aliphatic carbocycles. The van der Waals surface area contributed by atoms with Crippen molar-refractivity contribution >= 4 is 65.1 Å². The van der Waals surface area contributed by atoms with Gasteiger partial charge in [-0.2, -0.15) is 0 Å². The highest BCUT2D eigenvalue weighted by Gasteiger charge is 2.43. The Balaban J connectivity index is 1.29. The van der Waals surface area contributed by atoms with Crippen molar-refractivity contribution in [2.45, 2.75) is 272 Å². The SMILES string of the molecule is CCCCCCCCCCCCC(CCCCCCCCCC)CN1C(=O)/C(=C2/C(=O)N(CC[Si](C)(CCCCCCCC)CCCCCCCC)c3cc(-c4ccc(-c5ccc(C)s5)s4)ccc32)c2ccc(C)cc21. The van der Waals surface area contributed by atoms with Gasteiger partial charge in [0.2, 0.25) is 0 Å². The molecular weight excluding hydrogens is 981 g/mol. The first-order valence-corrected chi connectivity index (χ1v) is 36.7. The summed E-state index contributed by atoms with van der Waals surface area (Å²) in [7, 11) is -1.71. The molecule has 4 aromatic rings. The highest BCUT2D eigenvalue weighted by Crippen LogP contribution is 2.49. The molecule has 7 heteroatoms. The Morgan fingerprint density at radius 3 is 1.36 bits per heavy atom. The number of nitrogens with zero attached hydrogens (tertiary/aromatic N) is 2. The molecule has 0 saturated heterocycles. The fraction of sp³-hybridized carbons (Fsp3) is 0.652. The van der Waals surface area contributed by atoms with Gasteiger partial charge in [-0.3, -0.25) is 9.59 Å². The molecule has 0 fully saturated rings. The molecule has 6 rings (SSSR count). The summed E-state index contributed by atoms with van der Waals surface area (Å²) in [5.41, 5.74) is 7.46. The number of carbonyl (C=O) groups is 2. The Morgan fingerprint density at radius 1 is 0.434 bits per heavy atom. The number of benzene rings is 2. The molecule has 1 atom stereocenters. The zero-order valence-electron chi connectivity index (χ0n) is 49.5. The van der Waals surface area contributed by atoms with Crippen molar-refractivity contribution in [3.63, 3.8) is 0 Å². The Morgan fingerprint density at radius 2 is 0.855 bits per heavy atom. The number of hydrogen-bond donors (Lipinski definition) is 0. The van der Waals surface area contributed by atoms with Gasteiger partial charge in [-0.05, 0) is 86.2 Å². The zero-order valence-corrected chi connectivity index (χ0v) is 52.2. The van der Waals surface area contributed by atoms with Gasteiger partial charge >= 0.3 is 0 Å². The number of thiophene rings is 2. The van der Waals surface area contributed by atoms with Crippen LogP contribution in [-0.2, 0) is 9.59 Å². The highest BCUT2D eigenvalue weighted by atomic mass is 32.1. The molecule has 2 aliphatic rings. The van der Waals surface area contributed by atoms with Crippen molar-refractivity contribution < 1.29 is 9.59 Å². The van der Waals surface area contributed by atoms with Gasteiger partial charge in [-0.25, -0.2) is 0 Å². The fourth-order valence-electron chi connectivity index (χ4n) is 12.5. The zero-order chi connectivity index (χ0) is 54.0. The largest absolute Gasteiger partial charge is 0.308 e. The number of rotatable bonds is 41. The van der Waals surface area contributed by atoms with Crippen molar-refractivity contribution in [2.24, 2.45) is 5.92 Å². The molecule has 0 radical (unpaired) electrons. The van der Waals surface area contributed by atoms with Crippen molar-refractivity contribution in [1.82, 2.24) is 0 Å². The molecule has 76 heavy (non-hydrogen) atoms. The van der Waals surface area contributed by atoms with Gasteiger partial charge < -0.3 is 9.80 Å². The lowest BCUT2D eigenvalue weighted by molar-refractivity contribution is -0.114. The van der Waals surface area contributed by atoms with Crippen LogP contribution in [0.5, 0.6) is 0 Å². The van der Waals surface area contributed by atoms with Gasteiger partial charge in [0.05, 0.1) is 30.6 Å². The van der Waals surface area contributed by atoms with Gasteiger partial charge in [0.1, 0.15) is 0 Å². The summed E-state index contributed by atoms with van der Waals surface area (Å²) in [5.74, 6) is 0.501. The minimum absolute atomic E-state index is 0.0288. The third kappa shape index (κ3) is 18.9. The van der Waals surface area contributed by atoms with E-state index in [2.05, 4.69) is 119 Å². The minimum atomic E-state index is -1.71. The normalized spacial score (nSPS) is 14.9. The molecule has 0 saturated carbocycles. The number of carbonyl (C=O) groups excluding carboxylic acids is 2. The van der Waals surface area contributed by atoms with E-state index in [1.165, 1.54) is 231 Å². The van der Waals surface area contributed by atoms with Crippen molar-refractivity contribution in [3.8, 4) is 20.2 Å². The van der Waals surface area contributed by atoms with Gasteiger partial charge in [-0.15, -0.1) is 22.7 Å². The van der Waals surface area contributed by atoms with Gasteiger partial charge in [0.25, 0.3) is 11.8 Å².